The van der Waals surface area contributed by atoms with E-state index in [2.05, 4.69) is 5.32 Å². The lowest BCUT2D eigenvalue weighted by molar-refractivity contribution is 0.00362. The number of ether oxygens (including phenoxy) is 2. The average Bonchev–Trinajstić information content (AvgIpc) is 2.74. The molecule has 1 aromatic rings. The van der Waals surface area contributed by atoms with Gasteiger partial charge in [0.15, 0.2) is 0 Å². The number of carbonyl (C=O) groups is 1. The van der Waals surface area contributed by atoms with Crippen molar-refractivity contribution in [2.45, 2.75) is 51.6 Å². The number of benzene rings is 1. The molecule has 0 saturated heterocycles. The van der Waals surface area contributed by atoms with E-state index in [1.54, 1.807) is 6.92 Å². The van der Waals surface area contributed by atoms with Gasteiger partial charge in [-0.1, -0.05) is 12.1 Å². The molecule has 2 aliphatic rings. The van der Waals surface area contributed by atoms with Crippen molar-refractivity contribution >= 4 is 18.7 Å². The van der Waals surface area contributed by atoms with Gasteiger partial charge in [0.1, 0.15) is 24.1 Å². The molecule has 8 heteroatoms. The van der Waals surface area contributed by atoms with Gasteiger partial charge in [-0.3, -0.25) is 0 Å². The number of alkyl carbamates (subject to hydrolysis) is 1. The molecule has 1 amide bonds. The minimum atomic E-state index is -0.680. The highest BCUT2D eigenvalue weighted by molar-refractivity contribution is 6.64. The summed E-state index contributed by atoms with van der Waals surface area (Å²) in [6.45, 7) is 7.59. The predicted octanol–water partition coefficient (Wildman–Crippen LogP) is 1.14. The van der Waals surface area contributed by atoms with Gasteiger partial charge in [0.25, 0.3) is 0 Å². The fourth-order valence-electron chi connectivity index (χ4n) is 2.88. The number of aliphatic hydroxyl groups is 1. The molecule has 7 nitrogen and oxygen atoms in total. The third-order valence-corrected chi connectivity index (χ3v) is 4.04. The summed E-state index contributed by atoms with van der Waals surface area (Å²) in [7, 11) is -0.626. The first-order chi connectivity index (χ1) is 11.7. The van der Waals surface area contributed by atoms with Crippen LogP contribution in [0.1, 0.15) is 39.4 Å². The molecular weight excluding hydrogens is 325 g/mol. The molecule has 0 aliphatic carbocycles. The molecule has 0 radical (unpaired) electrons. The molecule has 2 N–H and O–H groups in total. The van der Waals surface area contributed by atoms with Crippen molar-refractivity contribution in [1.29, 1.82) is 0 Å². The van der Waals surface area contributed by atoms with Crippen molar-refractivity contribution in [3.8, 4) is 5.75 Å². The minimum absolute atomic E-state index is 0.255. The van der Waals surface area contributed by atoms with Crippen LogP contribution in [0.3, 0.4) is 0 Å². The predicted molar refractivity (Wildman–Crippen MR) is 91.9 cm³/mol. The summed E-state index contributed by atoms with van der Waals surface area (Å²) in [4.78, 5) is 11.9. The van der Waals surface area contributed by atoms with Crippen molar-refractivity contribution in [2.24, 2.45) is 0 Å². The second-order valence-corrected chi connectivity index (χ2v) is 7.32. The summed E-state index contributed by atoms with van der Waals surface area (Å²) in [6.07, 6.45) is -2.03. The van der Waals surface area contributed by atoms with E-state index in [1.165, 1.54) is 0 Å². The van der Waals surface area contributed by atoms with Crippen molar-refractivity contribution in [1.82, 2.24) is 5.32 Å². The normalized spacial score (nSPS) is 23.3. The lowest BCUT2D eigenvalue weighted by Crippen LogP contribution is -2.40. The van der Waals surface area contributed by atoms with E-state index in [1.807, 2.05) is 39.0 Å². The van der Waals surface area contributed by atoms with Gasteiger partial charge in [0.05, 0.1) is 12.2 Å². The number of carbonyl (C=O) groups excluding carboxylic acids is 1. The van der Waals surface area contributed by atoms with E-state index < -0.39 is 31.0 Å². The molecule has 136 valence electrons. The van der Waals surface area contributed by atoms with Crippen LogP contribution in [0, 0.1) is 0 Å². The van der Waals surface area contributed by atoms with Crippen LogP contribution in [-0.4, -0.2) is 49.3 Å². The summed E-state index contributed by atoms with van der Waals surface area (Å²) >= 11 is 0. The molecule has 0 fully saturated rings. The molecule has 2 aliphatic heterocycles. The van der Waals surface area contributed by atoms with Gasteiger partial charge in [-0.15, -0.1) is 0 Å². The van der Waals surface area contributed by atoms with Crippen LogP contribution in [0.2, 0.25) is 0 Å². The maximum atomic E-state index is 11.9. The van der Waals surface area contributed by atoms with E-state index in [0.717, 1.165) is 11.0 Å². The molecule has 0 spiro atoms. The van der Waals surface area contributed by atoms with Crippen LogP contribution in [0.25, 0.3) is 0 Å². The molecule has 3 unspecified atom stereocenters. The molecule has 3 atom stereocenters. The highest BCUT2D eigenvalue weighted by Gasteiger charge is 2.44. The Morgan fingerprint density at radius 3 is 2.88 bits per heavy atom. The van der Waals surface area contributed by atoms with Gasteiger partial charge < -0.3 is 29.2 Å². The maximum absolute atomic E-state index is 11.9. The van der Waals surface area contributed by atoms with Crippen LogP contribution in [0.15, 0.2) is 18.2 Å². The largest absolute Gasteiger partial charge is 0.499 e. The molecule has 0 aromatic heterocycles. The number of hydrogen-bond acceptors (Lipinski definition) is 6. The van der Waals surface area contributed by atoms with Crippen LogP contribution in [0.5, 0.6) is 5.75 Å². The fourth-order valence-corrected chi connectivity index (χ4v) is 2.88. The Morgan fingerprint density at radius 2 is 2.20 bits per heavy atom. The highest BCUT2D eigenvalue weighted by atomic mass is 16.6. The van der Waals surface area contributed by atoms with E-state index in [0.29, 0.717) is 5.75 Å². The van der Waals surface area contributed by atoms with Crippen LogP contribution in [-0.2, 0) is 14.0 Å². The summed E-state index contributed by atoms with van der Waals surface area (Å²) in [5, 5.41) is 12.6. The topological polar surface area (TPSA) is 86.2 Å². The molecule has 3 rings (SSSR count). The van der Waals surface area contributed by atoms with Gasteiger partial charge in [0.2, 0.25) is 0 Å². The second kappa shape index (κ2) is 6.86. The molecule has 0 saturated carbocycles. The zero-order chi connectivity index (χ0) is 18.2. The van der Waals surface area contributed by atoms with Gasteiger partial charge in [-0.25, -0.2) is 4.79 Å². The van der Waals surface area contributed by atoms with E-state index in [-0.39, 0.29) is 19.3 Å². The van der Waals surface area contributed by atoms with Crippen molar-refractivity contribution in [2.75, 3.05) is 13.2 Å². The molecule has 2 heterocycles. The number of nitrogens with one attached hydrogen (secondary N) is 1. The molecule has 0 bridgehead atoms. The summed E-state index contributed by atoms with van der Waals surface area (Å²) < 4.78 is 22.9. The quantitative estimate of drug-likeness (QED) is 0.796. The standard InChI is InChI=1S/C17H24BNO6/c1-10(20)14-9-22-12-7-5-6-11-13(24-18(25-14)15(11)12)8-19-16(21)23-17(2,3)4/h5-7,10,13-14,20H,8-9H2,1-4H3,(H,19,21). The SMILES string of the molecule is CC(O)C1COc2cccc3c2B(OC3CNC(=O)OC(C)(C)C)O1. The first kappa shape index (κ1) is 18.0. The van der Waals surface area contributed by atoms with Gasteiger partial charge in [0, 0.05) is 12.0 Å². The first-order valence-corrected chi connectivity index (χ1v) is 8.46. The van der Waals surface area contributed by atoms with Crippen molar-refractivity contribution in [3.63, 3.8) is 0 Å². The Bertz CT molecular complexity index is 645. The summed E-state index contributed by atoms with van der Waals surface area (Å²) in [5.41, 5.74) is 1.17. The van der Waals surface area contributed by atoms with E-state index >= 15 is 0 Å². The Balaban J connectivity index is 1.73. The zero-order valence-electron chi connectivity index (χ0n) is 14.9. The Morgan fingerprint density at radius 1 is 1.44 bits per heavy atom. The summed E-state index contributed by atoms with van der Waals surface area (Å²) in [6, 6.07) is 5.66. The van der Waals surface area contributed by atoms with Gasteiger partial charge >= 0.3 is 13.2 Å². The smallest absolute Gasteiger partial charge is 0.491 e. The molecule has 1 aromatic carbocycles. The summed E-state index contributed by atoms with van der Waals surface area (Å²) in [5.74, 6) is 0.686. The van der Waals surface area contributed by atoms with Gasteiger partial charge in [-0.2, -0.15) is 0 Å². The number of aliphatic hydroxyl groups excluding tert-OH is 1. The number of rotatable bonds is 3. The van der Waals surface area contributed by atoms with Crippen LogP contribution < -0.4 is 15.5 Å². The number of amides is 1. The molecular formula is C17H24BNO6. The second-order valence-electron chi connectivity index (χ2n) is 7.32. The monoisotopic (exact) mass is 349 g/mol. The third kappa shape index (κ3) is 4.08. The fraction of sp³-hybridized carbons (Fsp3) is 0.588. The number of hydrogen-bond donors (Lipinski definition) is 2. The first-order valence-electron chi connectivity index (χ1n) is 8.46. The van der Waals surface area contributed by atoms with Crippen molar-refractivity contribution < 1.29 is 28.7 Å². The minimum Gasteiger partial charge on any atom is -0.491 e. The highest BCUT2D eigenvalue weighted by Crippen LogP contribution is 2.31. The van der Waals surface area contributed by atoms with E-state index in [4.69, 9.17) is 18.8 Å². The van der Waals surface area contributed by atoms with Crippen molar-refractivity contribution in [3.05, 3.63) is 23.8 Å². The zero-order valence-corrected chi connectivity index (χ0v) is 14.9. The van der Waals surface area contributed by atoms with E-state index in [9.17, 15) is 9.90 Å². The van der Waals surface area contributed by atoms with Crippen LogP contribution >= 0.6 is 0 Å². The molecule has 25 heavy (non-hydrogen) atoms. The average molecular weight is 349 g/mol. The lowest BCUT2D eigenvalue weighted by atomic mass is 9.77. The lowest BCUT2D eigenvalue weighted by Gasteiger charge is -2.22. The third-order valence-electron chi connectivity index (χ3n) is 4.04. The Labute approximate surface area is 147 Å². The Hall–Kier alpha value is -1.77. The maximum Gasteiger partial charge on any atom is 0.499 e. The van der Waals surface area contributed by atoms with Gasteiger partial charge in [-0.05, 0) is 39.3 Å². The van der Waals surface area contributed by atoms with Crippen LogP contribution in [0.4, 0.5) is 4.79 Å². The Kier molecular flexibility index (Phi) is 4.95.